The van der Waals surface area contributed by atoms with Crippen molar-refractivity contribution in [3.8, 4) is 11.1 Å². The summed E-state index contributed by atoms with van der Waals surface area (Å²) in [5.41, 5.74) is -0.910. The van der Waals surface area contributed by atoms with Gasteiger partial charge in [-0.2, -0.15) is 0 Å². The molecule has 0 atom stereocenters. The first-order valence-corrected chi connectivity index (χ1v) is 18.3. The van der Waals surface area contributed by atoms with Crippen LogP contribution in [0.3, 0.4) is 0 Å². The molecule has 16 heteroatoms. The molecule has 0 aliphatic heterocycles. The molecule has 0 heterocycles. The summed E-state index contributed by atoms with van der Waals surface area (Å²) in [6, 6.07) is 0. The molecule has 0 spiro atoms. The average Bonchev–Trinajstić information content (AvgIpc) is 2.51. The van der Waals surface area contributed by atoms with E-state index in [4.69, 9.17) is 42.7 Å². The Morgan fingerprint density at radius 3 is 0.618 bits per heavy atom. The average molecular weight is 632 g/mol. The summed E-state index contributed by atoms with van der Waals surface area (Å²) < 4.78 is 99.3. The maximum absolute atomic E-state index is 12.4. The van der Waals surface area contributed by atoms with E-state index in [2.05, 4.69) is 0 Å². The molecule has 0 unspecified atom stereocenters. The van der Waals surface area contributed by atoms with E-state index in [1.807, 2.05) is 0 Å². The molecule has 0 fully saturated rings. The van der Waals surface area contributed by atoms with E-state index in [9.17, 15) is 33.7 Å². The zero-order valence-corrected chi connectivity index (χ0v) is 24.7. The van der Waals surface area contributed by atoms with Crippen molar-refractivity contribution >= 4 is 78.9 Å². The highest BCUT2D eigenvalue weighted by atomic mass is 35.7. The van der Waals surface area contributed by atoms with Gasteiger partial charge in [-0.1, -0.05) is 0 Å². The second-order valence-electron chi connectivity index (χ2n) is 7.57. The molecule has 190 valence electrons. The molecule has 0 aromatic heterocycles. The standard InChI is InChI=1S/C18H18Cl4O8S4/c1-7-13(8(2)16(32(20,25)26)11(5)15(7)31(19,23)24)14-9(3)17(33(21,27)28)12(6)18(10(14)4)34(22,29)30/h1-6H3. The van der Waals surface area contributed by atoms with Gasteiger partial charge in [0.25, 0.3) is 36.2 Å². The highest BCUT2D eigenvalue weighted by Crippen LogP contribution is 2.47. The van der Waals surface area contributed by atoms with Crippen LogP contribution < -0.4 is 0 Å². The smallest absolute Gasteiger partial charge is 0.207 e. The van der Waals surface area contributed by atoms with Crippen LogP contribution in [0.2, 0.25) is 0 Å². The second-order valence-corrected chi connectivity index (χ2v) is 17.6. The number of hydrogen-bond donors (Lipinski definition) is 0. The first-order chi connectivity index (χ1) is 15.0. The Bertz CT molecular complexity index is 1450. The van der Waals surface area contributed by atoms with Crippen molar-refractivity contribution in [1.82, 2.24) is 0 Å². The molecule has 0 bridgehead atoms. The molecule has 0 N–H and O–H groups in total. The summed E-state index contributed by atoms with van der Waals surface area (Å²) in [6.07, 6.45) is 0. The molecule has 0 aliphatic carbocycles. The molecule has 0 aliphatic rings. The fourth-order valence-electron chi connectivity index (χ4n) is 4.56. The van der Waals surface area contributed by atoms with Crippen molar-refractivity contribution in [3.63, 3.8) is 0 Å². The minimum Gasteiger partial charge on any atom is -0.207 e. The molecule has 34 heavy (non-hydrogen) atoms. The van der Waals surface area contributed by atoms with Crippen LogP contribution in [0.4, 0.5) is 0 Å². The zero-order valence-electron chi connectivity index (χ0n) is 18.4. The molecule has 8 nitrogen and oxygen atoms in total. The first-order valence-electron chi connectivity index (χ1n) is 9.02. The lowest BCUT2D eigenvalue weighted by Crippen LogP contribution is -2.13. The van der Waals surface area contributed by atoms with Gasteiger partial charge < -0.3 is 0 Å². The first kappa shape index (κ1) is 29.6. The Labute approximate surface area is 216 Å². The normalized spacial score (nSPS) is 13.4. The van der Waals surface area contributed by atoms with Gasteiger partial charge in [0, 0.05) is 42.7 Å². The van der Waals surface area contributed by atoms with E-state index < -0.39 is 55.8 Å². The van der Waals surface area contributed by atoms with E-state index in [1.54, 1.807) is 0 Å². The summed E-state index contributed by atoms with van der Waals surface area (Å²) in [5.74, 6) is 0. The van der Waals surface area contributed by atoms with Gasteiger partial charge >= 0.3 is 0 Å². The van der Waals surface area contributed by atoms with E-state index in [1.165, 1.54) is 41.5 Å². The second kappa shape index (κ2) is 9.05. The molecule has 2 aromatic carbocycles. The lowest BCUT2D eigenvalue weighted by molar-refractivity contribution is 0.601. The minimum absolute atomic E-state index is 0.0556. The van der Waals surface area contributed by atoms with Crippen molar-refractivity contribution in [3.05, 3.63) is 33.4 Å². The van der Waals surface area contributed by atoms with Crippen LogP contribution in [0.25, 0.3) is 11.1 Å². The fraction of sp³-hybridized carbons (Fsp3) is 0.333. The van der Waals surface area contributed by atoms with Gasteiger partial charge in [-0.25, -0.2) is 33.7 Å². The van der Waals surface area contributed by atoms with Gasteiger partial charge in [0.2, 0.25) is 0 Å². The molecular weight excluding hydrogens is 614 g/mol. The third-order valence-corrected chi connectivity index (χ3v) is 11.7. The lowest BCUT2D eigenvalue weighted by Gasteiger charge is -2.25. The molecule has 2 aromatic rings. The molecule has 0 radical (unpaired) electrons. The van der Waals surface area contributed by atoms with E-state index in [0.717, 1.165) is 0 Å². The van der Waals surface area contributed by atoms with Crippen LogP contribution in [0, 0.1) is 41.5 Å². The van der Waals surface area contributed by atoms with Crippen LogP contribution in [0.1, 0.15) is 33.4 Å². The topological polar surface area (TPSA) is 137 Å². The predicted octanol–water partition coefficient (Wildman–Crippen LogP) is 4.91. The van der Waals surface area contributed by atoms with Crippen molar-refractivity contribution in [2.24, 2.45) is 0 Å². The van der Waals surface area contributed by atoms with E-state index in [-0.39, 0.29) is 44.5 Å². The molecule has 2 rings (SSSR count). The predicted molar refractivity (Wildman–Crippen MR) is 132 cm³/mol. The van der Waals surface area contributed by atoms with Gasteiger partial charge in [0.15, 0.2) is 0 Å². The van der Waals surface area contributed by atoms with Crippen molar-refractivity contribution in [2.45, 2.75) is 61.1 Å². The van der Waals surface area contributed by atoms with Crippen molar-refractivity contribution < 1.29 is 33.7 Å². The summed E-state index contributed by atoms with van der Waals surface area (Å²) >= 11 is 0. The van der Waals surface area contributed by atoms with Crippen LogP contribution >= 0.6 is 42.7 Å². The number of benzene rings is 2. The van der Waals surface area contributed by atoms with Crippen molar-refractivity contribution in [1.29, 1.82) is 0 Å². The Kier molecular flexibility index (Phi) is 7.89. The van der Waals surface area contributed by atoms with Crippen LogP contribution in [-0.4, -0.2) is 33.7 Å². The van der Waals surface area contributed by atoms with Crippen LogP contribution in [0.5, 0.6) is 0 Å². The van der Waals surface area contributed by atoms with Gasteiger partial charge in [-0.05, 0) is 86.1 Å². The van der Waals surface area contributed by atoms with Crippen LogP contribution in [0.15, 0.2) is 19.6 Å². The van der Waals surface area contributed by atoms with Gasteiger partial charge in [0.1, 0.15) is 0 Å². The number of halogens is 4. The Balaban J connectivity index is 3.52. The maximum Gasteiger partial charge on any atom is 0.261 e. The Morgan fingerprint density at radius 2 is 0.500 bits per heavy atom. The molecular formula is C18H18Cl4O8S4. The number of hydrogen-bond acceptors (Lipinski definition) is 8. The summed E-state index contributed by atoms with van der Waals surface area (Å²) in [7, 11) is 4.28. The SMILES string of the molecule is Cc1c(-c2c(C)c(S(=O)(=O)Cl)c(C)c(S(=O)(=O)Cl)c2C)c(C)c(S(=O)(=O)Cl)c(C)c1S(=O)(=O)Cl. The highest BCUT2D eigenvalue weighted by molar-refractivity contribution is 8.15. The third-order valence-electron chi connectivity index (χ3n) is 5.45. The monoisotopic (exact) mass is 630 g/mol. The lowest BCUT2D eigenvalue weighted by atomic mass is 9.87. The summed E-state index contributed by atoms with van der Waals surface area (Å²) in [4.78, 5) is -2.28. The minimum atomic E-state index is -4.54. The Hall–Kier alpha value is -0.600. The summed E-state index contributed by atoms with van der Waals surface area (Å²) in [6.45, 7) is 7.67. The molecule has 0 amide bonds. The Morgan fingerprint density at radius 1 is 0.353 bits per heavy atom. The number of rotatable bonds is 5. The van der Waals surface area contributed by atoms with Gasteiger partial charge in [-0.3, -0.25) is 0 Å². The third kappa shape index (κ3) is 5.10. The maximum atomic E-state index is 12.4. The molecule has 0 saturated carbocycles. The van der Waals surface area contributed by atoms with Crippen molar-refractivity contribution in [2.75, 3.05) is 0 Å². The quantitative estimate of drug-likeness (QED) is 0.424. The largest absolute Gasteiger partial charge is 0.261 e. The fourth-order valence-corrected chi connectivity index (χ4v) is 11.2. The van der Waals surface area contributed by atoms with E-state index in [0.29, 0.717) is 0 Å². The van der Waals surface area contributed by atoms with Crippen LogP contribution in [-0.2, 0) is 36.2 Å². The highest BCUT2D eigenvalue weighted by Gasteiger charge is 2.35. The van der Waals surface area contributed by atoms with E-state index >= 15 is 0 Å². The zero-order chi connectivity index (χ0) is 26.9. The van der Waals surface area contributed by atoms with Gasteiger partial charge in [0.05, 0.1) is 19.6 Å². The van der Waals surface area contributed by atoms with Gasteiger partial charge in [-0.15, -0.1) is 0 Å². The molecule has 0 saturated heterocycles. The summed E-state index contributed by atoms with van der Waals surface area (Å²) in [5, 5.41) is 0.